The van der Waals surface area contributed by atoms with Gasteiger partial charge in [0.1, 0.15) is 34.9 Å². The van der Waals surface area contributed by atoms with Gasteiger partial charge in [-0.15, -0.1) is 13.2 Å². The maximum absolute atomic E-state index is 15.1. The van der Waals surface area contributed by atoms with Gasteiger partial charge in [0.05, 0.1) is 13.7 Å². The van der Waals surface area contributed by atoms with Gasteiger partial charge in [0, 0.05) is 48.5 Å². The van der Waals surface area contributed by atoms with Crippen LogP contribution in [0.5, 0.6) is 11.5 Å². The number of ether oxygens (including phenoxy) is 2. The number of aliphatic hydroxyl groups is 1. The summed E-state index contributed by atoms with van der Waals surface area (Å²) in [5.41, 5.74) is -1.51. The van der Waals surface area contributed by atoms with E-state index in [1.807, 2.05) is 0 Å². The first-order valence-electron chi connectivity index (χ1n) is 11.7. The molecule has 212 valence electrons. The number of aromatic nitrogens is 1. The summed E-state index contributed by atoms with van der Waals surface area (Å²) in [5, 5.41) is 11.6. The Kier molecular flexibility index (Phi) is 8.09. The summed E-state index contributed by atoms with van der Waals surface area (Å²) in [7, 11) is 1.20. The molecule has 9 nitrogen and oxygen atoms in total. The zero-order valence-corrected chi connectivity index (χ0v) is 20.7. The molecule has 4 rings (SSSR count). The van der Waals surface area contributed by atoms with Crippen molar-refractivity contribution >= 4 is 17.5 Å². The van der Waals surface area contributed by atoms with Gasteiger partial charge < -0.3 is 29.4 Å². The van der Waals surface area contributed by atoms with E-state index in [2.05, 4.69) is 10.1 Å². The second-order valence-corrected chi connectivity index (χ2v) is 8.70. The Hall–Kier alpha value is -4.46. The molecule has 0 aliphatic carbocycles. The van der Waals surface area contributed by atoms with Crippen LogP contribution in [-0.2, 0) is 11.3 Å². The van der Waals surface area contributed by atoms with Crippen molar-refractivity contribution in [2.75, 3.05) is 25.2 Å². The predicted octanol–water partition coefficient (Wildman–Crippen LogP) is 2.96. The van der Waals surface area contributed by atoms with Gasteiger partial charge in [-0.3, -0.25) is 14.4 Å². The van der Waals surface area contributed by atoms with Crippen molar-refractivity contribution in [1.82, 2.24) is 9.88 Å². The average Bonchev–Trinajstić information content (AvgIpc) is 3.19. The number of anilines is 1. The molecular formula is C26H22F5N3O6. The number of hydrogen-bond acceptors (Lipinski definition) is 6. The summed E-state index contributed by atoms with van der Waals surface area (Å²) in [6.45, 7) is -0.845. The van der Waals surface area contributed by atoms with Crippen LogP contribution >= 0.6 is 0 Å². The van der Waals surface area contributed by atoms with E-state index < -0.39 is 65.2 Å². The molecule has 0 bridgehead atoms. The molecule has 1 saturated heterocycles. The lowest BCUT2D eigenvalue weighted by Crippen LogP contribution is -2.44. The molecule has 2 atom stereocenters. The van der Waals surface area contributed by atoms with Gasteiger partial charge in [-0.25, -0.2) is 8.78 Å². The predicted molar refractivity (Wildman–Crippen MR) is 130 cm³/mol. The maximum atomic E-state index is 15.1. The Morgan fingerprint density at radius 3 is 2.30 bits per heavy atom. The molecule has 2 amide bonds. The third-order valence-electron chi connectivity index (χ3n) is 6.24. The SMILES string of the molecule is COc1cc(F)c([C@@H]2CN(c3cccn(CCO)c3=O)C(=O)[C@H]2NC(=O)c2ccc(OC(F)(F)F)cc2)c(F)c1. The third-order valence-corrected chi connectivity index (χ3v) is 6.24. The number of carbonyl (C=O) groups excluding carboxylic acids is 2. The minimum absolute atomic E-state index is 0.0753. The number of nitrogens with zero attached hydrogens (tertiary/aromatic N) is 2. The molecule has 40 heavy (non-hydrogen) atoms. The first-order valence-corrected chi connectivity index (χ1v) is 11.7. The summed E-state index contributed by atoms with van der Waals surface area (Å²) in [6, 6.07) is 6.81. The number of rotatable bonds is 8. The Bertz CT molecular complexity index is 1450. The van der Waals surface area contributed by atoms with Crippen molar-refractivity contribution in [1.29, 1.82) is 0 Å². The largest absolute Gasteiger partial charge is 0.573 e. The fourth-order valence-corrected chi connectivity index (χ4v) is 4.45. The number of aliphatic hydroxyl groups excluding tert-OH is 1. The molecule has 1 aliphatic heterocycles. The smallest absolute Gasteiger partial charge is 0.497 e. The van der Waals surface area contributed by atoms with Gasteiger partial charge in [-0.2, -0.15) is 0 Å². The molecular weight excluding hydrogens is 545 g/mol. The molecule has 1 aromatic heterocycles. The van der Waals surface area contributed by atoms with E-state index in [1.54, 1.807) is 0 Å². The lowest BCUT2D eigenvalue weighted by atomic mass is 9.92. The number of hydrogen-bond donors (Lipinski definition) is 2. The Balaban J connectivity index is 1.71. The molecule has 14 heteroatoms. The van der Waals surface area contributed by atoms with Crippen molar-refractivity contribution in [2.45, 2.75) is 24.9 Å². The lowest BCUT2D eigenvalue weighted by Gasteiger charge is -2.20. The summed E-state index contributed by atoms with van der Waals surface area (Å²) < 4.78 is 77.4. The van der Waals surface area contributed by atoms with Gasteiger partial charge in [-0.1, -0.05) is 0 Å². The molecule has 3 aromatic rings. The lowest BCUT2D eigenvalue weighted by molar-refractivity contribution is -0.274. The van der Waals surface area contributed by atoms with Crippen LogP contribution in [0.15, 0.2) is 59.5 Å². The highest BCUT2D eigenvalue weighted by Crippen LogP contribution is 2.36. The van der Waals surface area contributed by atoms with E-state index in [-0.39, 0.29) is 30.2 Å². The van der Waals surface area contributed by atoms with Crippen molar-refractivity contribution in [3.8, 4) is 11.5 Å². The number of carbonyl (C=O) groups is 2. The number of amides is 2. The Morgan fingerprint density at radius 1 is 1.07 bits per heavy atom. The Morgan fingerprint density at radius 2 is 1.73 bits per heavy atom. The van der Waals surface area contributed by atoms with E-state index in [9.17, 15) is 32.7 Å². The molecule has 1 aliphatic rings. The molecule has 2 aromatic carbocycles. The van der Waals surface area contributed by atoms with Crippen LogP contribution in [0.2, 0.25) is 0 Å². The third kappa shape index (κ3) is 5.91. The Labute approximate surface area is 223 Å². The normalized spacial score (nSPS) is 17.2. The van der Waals surface area contributed by atoms with Crippen LogP contribution in [-0.4, -0.2) is 54.2 Å². The standard InChI is InChI=1S/C26H22F5N3O6/c1-39-16-11-18(27)21(19(28)12-16)17-13-34(20-3-2-8-33(9-10-35)24(20)37)25(38)22(17)32-23(36)14-4-6-15(7-5-14)40-26(29,30)31/h2-8,11-12,17,22,35H,9-10,13H2,1H3,(H,32,36)/t17-,22-/m0/s1. The molecule has 2 N–H and O–H groups in total. The molecule has 0 radical (unpaired) electrons. The van der Waals surface area contributed by atoms with Gasteiger partial charge in [0.2, 0.25) is 5.91 Å². The topological polar surface area (TPSA) is 110 Å². The number of halogens is 5. The second kappa shape index (κ2) is 11.3. The van der Waals surface area contributed by atoms with Crippen LogP contribution in [0.4, 0.5) is 27.6 Å². The van der Waals surface area contributed by atoms with Gasteiger partial charge in [0.15, 0.2) is 0 Å². The zero-order valence-electron chi connectivity index (χ0n) is 20.7. The van der Waals surface area contributed by atoms with E-state index in [0.717, 1.165) is 45.9 Å². The monoisotopic (exact) mass is 567 g/mol. The highest BCUT2D eigenvalue weighted by Gasteiger charge is 2.46. The summed E-state index contributed by atoms with van der Waals surface area (Å²) >= 11 is 0. The van der Waals surface area contributed by atoms with E-state index in [1.165, 1.54) is 25.4 Å². The molecule has 0 saturated carbocycles. The first-order chi connectivity index (χ1) is 18.9. The van der Waals surface area contributed by atoms with Gasteiger partial charge in [0.25, 0.3) is 11.5 Å². The molecule has 1 fully saturated rings. The summed E-state index contributed by atoms with van der Waals surface area (Å²) in [4.78, 5) is 40.5. The second-order valence-electron chi connectivity index (χ2n) is 8.70. The van der Waals surface area contributed by atoms with Crippen LogP contribution in [0, 0.1) is 11.6 Å². The molecule has 0 unspecified atom stereocenters. The van der Waals surface area contributed by atoms with Crippen LogP contribution < -0.4 is 25.2 Å². The van der Waals surface area contributed by atoms with Crippen LogP contribution in [0.1, 0.15) is 21.8 Å². The fraction of sp³-hybridized carbons (Fsp3) is 0.269. The fourth-order valence-electron chi connectivity index (χ4n) is 4.45. The van der Waals surface area contributed by atoms with Gasteiger partial charge >= 0.3 is 6.36 Å². The number of benzene rings is 2. The summed E-state index contributed by atoms with van der Waals surface area (Å²) in [6.07, 6.45) is -3.56. The maximum Gasteiger partial charge on any atom is 0.573 e. The van der Waals surface area contributed by atoms with Crippen molar-refractivity contribution in [2.24, 2.45) is 0 Å². The molecule has 0 spiro atoms. The minimum atomic E-state index is -4.95. The van der Waals surface area contributed by atoms with Crippen molar-refractivity contribution in [3.05, 3.63) is 87.8 Å². The highest BCUT2D eigenvalue weighted by atomic mass is 19.4. The van der Waals surface area contributed by atoms with Crippen molar-refractivity contribution < 1.29 is 46.1 Å². The zero-order chi connectivity index (χ0) is 29.2. The highest BCUT2D eigenvalue weighted by molar-refractivity contribution is 6.05. The van der Waals surface area contributed by atoms with Crippen LogP contribution in [0.25, 0.3) is 0 Å². The molecule has 2 heterocycles. The van der Waals surface area contributed by atoms with E-state index >= 15 is 8.78 Å². The minimum Gasteiger partial charge on any atom is -0.497 e. The number of methoxy groups -OCH3 is 1. The first kappa shape index (κ1) is 28.5. The quantitative estimate of drug-likeness (QED) is 0.405. The van der Waals surface area contributed by atoms with E-state index in [4.69, 9.17) is 4.74 Å². The average molecular weight is 567 g/mol. The van der Waals surface area contributed by atoms with E-state index in [0.29, 0.717) is 0 Å². The van der Waals surface area contributed by atoms with Crippen LogP contribution in [0.3, 0.4) is 0 Å². The van der Waals surface area contributed by atoms with Gasteiger partial charge in [-0.05, 0) is 36.4 Å². The van der Waals surface area contributed by atoms with Crippen molar-refractivity contribution in [3.63, 3.8) is 0 Å². The number of pyridine rings is 1. The number of nitrogens with one attached hydrogen (secondary N) is 1. The number of alkyl halides is 3. The summed E-state index contributed by atoms with van der Waals surface area (Å²) in [5.74, 6) is -5.94.